The SMILES string of the molecule is CC(C)(C)C=CC(NC(=O)c1ccc(Oc2ncccn2)cc1)C(=O)O. The summed E-state index contributed by atoms with van der Waals surface area (Å²) in [6.45, 7) is 5.83. The number of rotatable bonds is 6. The Labute approximate surface area is 151 Å². The molecule has 0 saturated carbocycles. The molecule has 0 bridgehead atoms. The number of hydrogen-bond donors (Lipinski definition) is 2. The maximum Gasteiger partial charge on any atom is 0.330 e. The predicted octanol–water partition coefficient (Wildman–Crippen LogP) is 3.05. The molecule has 1 aromatic heterocycles. The van der Waals surface area contributed by atoms with Crippen LogP contribution in [0.2, 0.25) is 0 Å². The first-order chi connectivity index (χ1) is 12.2. The number of amides is 1. The fourth-order valence-corrected chi connectivity index (χ4v) is 1.92. The van der Waals surface area contributed by atoms with Crippen molar-refractivity contribution < 1.29 is 19.4 Å². The molecule has 0 aliphatic rings. The second-order valence-corrected chi connectivity index (χ2v) is 6.67. The fraction of sp³-hybridized carbons (Fsp3) is 0.263. The number of carboxylic acid groups (broad SMARTS) is 1. The average molecular weight is 355 g/mol. The zero-order chi connectivity index (χ0) is 19.2. The van der Waals surface area contributed by atoms with E-state index in [1.165, 1.54) is 6.08 Å². The maximum absolute atomic E-state index is 12.3. The van der Waals surface area contributed by atoms with E-state index in [4.69, 9.17) is 4.74 Å². The van der Waals surface area contributed by atoms with Crippen molar-refractivity contribution in [1.29, 1.82) is 0 Å². The fourth-order valence-electron chi connectivity index (χ4n) is 1.92. The molecule has 7 heteroatoms. The Bertz CT molecular complexity index is 781. The first-order valence-electron chi connectivity index (χ1n) is 8.02. The summed E-state index contributed by atoms with van der Waals surface area (Å²) < 4.78 is 5.45. The lowest BCUT2D eigenvalue weighted by atomic mass is 9.95. The molecule has 26 heavy (non-hydrogen) atoms. The lowest BCUT2D eigenvalue weighted by Crippen LogP contribution is -2.39. The van der Waals surface area contributed by atoms with E-state index in [9.17, 15) is 14.7 Å². The van der Waals surface area contributed by atoms with E-state index in [1.54, 1.807) is 48.8 Å². The van der Waals surface area contributed by atoms with Gasteiger partial charge in [-0.15, -0.1) is 0 Å². The highest BCUT2D eigenvalue weighted by molar-refractivity contribution is 5.97. The van der Waals surface area contributed by atoms with Crippen LogP contribution < -0.4 is 10.1 Å². The van der Waals surface area contributed by atoms with Gasteiger partial charge in [-0.1, -0.05) is 32.9 Å². The van der Waals surface area contributed by atoms with Crippen molar-refractivity contribution in [3.05, 3.63) is 60.4 Å². The quantitative estimate of drug-likeness (QED) is 0.772. The van der Waals surface area contributed by atoms with Crippen molar-refractivity contribution in [3.63, 3.8) is 0 Å². The van der Waals surface area contributed by atoms with Gasteiger partial charge in [0.25, 0.3) is 5.91 Å². The van der Waals surface area contributed by atoms with Gasteiger partial charge in [-0.25, -0.2) is 14.8 Å². The van der Waals surface area contributed by atoms with Crippen LogP contribution >= 0.6 is 0 Å². The molecule has 7 nitrogen and oxygen atoms in total. The van der Waals surface area contributed by atoms with Crippen LogP contribution in [0.15, 0.2) is 54.9 Å². The second-order valence-electron chi connectivity index (χ2n) is 6.67. The molecule has 2 N–H and O–H groups in total. The molecule has 0 saturated heterocycles. The van der Waals surface area contributed by atoms with E-state index in [1.807, 2.05) is 20.8 Å². The Kier molecular flexibility index (Phi) is 6.06. The number of ether oxygens (including phenoxy) is 1. The zero-order valence-corrected chi connectivity index (χ0v) is 14.8. The number of allylic oxidation sites excluding steroid dienone is 1. The third kappa shape index (κ3) is 6.01. The standard InChI is InChI=1S/C19H21N3O4/c1-19(2,3)10-9-15(17(24)25)22-16(23)13-5-7-14(8-6-13)26-18-20-11-4-12-21-18/h4-12,15H,1-3H3,(H,22,23)(H,24,25). The van der Waals surface area contributed by atoms with Crippen LogP contribution in [0.1, 0.15) is 31.1 Å². The van der Waals surface area contributed by atoms with Gasteiger partial charge in [0.2, 0.25) is 0 Å². The number of carboxylic acids is 1. The molecular formula is C19H21N3O4. The molecule has 0 radical (unpaired) electrons. The van der Waals surface area contributed by atoms with Crippen LogP contribution in [-0.4, -0.2) is 33.0 Å². The number of nitrogens with zero attached hydrogens (tertiary/aromatic N) is 2. The molecular weight excluding hydrogens is 334 g/mol. The number of aliphatic carboxylic acids is 1. The van der Waals surface area contributed by atoms with Gasteiger partial charge in [0.1, 0.15) is 11.8 Å². The largest absolute Gasteiger partial charge is 0.479 e. The molecule has 0 aliphatic heterocycles. The third-order valence-electron chi connectivity index (χ3n) is 3.21. The third-order valence-corrected chi connectivity index (χ3v) is 3.21. The Morgan fingerprint density at radius 1 is 1.15 bits per heavy atom. The van der Waals surface area contributed by atoms with Gasteiger partial charge in [0.15, 0.2) is 0 Å². The van der Waals surface area contributed by atoms with Crippen LogP contribution in [0, 0.1) is 5.41 Å². The predicted molar refractivity (Wildman–Crippen MR) is 96.0 cm³/mol. The summed E-state index contributed by atoms with van der Waals surface area (Å²) in [5.41, 5.74) is 0.137. The highest BCUT2D eigenvalue weighted by Gasteiger charge is 2.19. The zero-order valence-electron chi connectivity index (χ0n) is 14.8. The molecule has 0 aliphatic carbocycles. The number of hydrogen-bond acceptors (Lipinski definition) is 5. The highest BCUT2D eigenvalue weighted by Crippen LogP contribution is 2.18. The first-order valence-corrected chi connectivity index (χ1v) is 8.02. The Morgan fingerprint density at radius 3 is 2.31 bits per heavy atom. The summed E-state index contributed by atoms with van der Waals surface area (Å²) in [7, 11) is 0. The van der Waals surface area contributed by atoms with Crippen molar-refractivity contribution in [2.45, 2.75) is 26.8 Å². The Morgan fingerprint density at radius 2 is 1.77 bits per heavy atom. The van der Waals surface area contributed by atoms with Crippen LogP contribution in [0.3, 0.4) is 0 Å². The van der Waals surface area contributed by atoms with Crippen LogP contribution in [-0.2, 0) is 4.79 Å². The number of benzene rings is 1. The molecule has 0 spiro atoms. The lowest BCUT2D eigenvalue weighted by molar-refractivity contribution is -0.137. The van der Waals surface area contributed by atoms with Crippen molar-refractivity contribution in [2.24, 2.45) is 5.41 Å². The second kappa shape index (κ2) is 8.24. The van der Waals surface area contributed by atoms with Gasteiger partial charge < -0.3 is 15.2 Å². The molecule has 1 heterocycles. The van der Waals surface area contributed by atoms with Gasteiger partial charge in [-0.2, -0.15) is 0 Å². The molecule has 1 atom stereocenters. The lowest BCUT2D eigenvalue weighted by Gasteiger charge is -2.15. The highest BCUT2D eigenvalue weighted by atomic mass is 16.5. The summed E-state index contributed by atoms with van der Waals surface area (Å²) in [4.78, 5) is 31.5. The van der Waals surface area contributed by atoms with E-state index >= 15 is 0 Å². The Hall–Kier alpha value is -3.22. The van der Waals surface area contributed by atoms with Crippen molar-refractivity contribution >= 4 is 11.9 Å². The summed E-state index contributed by atoms with van der Waals surface area (Å²) in [6.07, 6.45) is 6.34. The summed E-state index contributed by atoms with van der Waals surface area (Å²) in [6, 6.07) is 7.03. The summed E-state index contributed by atoms with van der Waals surface area (Å²) in [5, 5.41) is 11.8. The van der Waals surface area contributed by atoms with Crippen molar-refractivity contribution in [2.75, 3.05) is 0 Å². The molecule has 0 fully saturated rings. The molecule has 1 unspecified atom stereocenters. The van der Waals surface area contributed by atoms with E-state index in [0.717, 1.165) is 0 Å². The first kappa shape index (κ1) is 19.1. The number of carbonyl (C=O) groups excluding carboxylic acids is 1. The normalized spacial score (nSPS) is 12.6. The van der Waals surface area contributed by atoms with Gasteiger partial charge in [-0.05, 0) is 35.7 Å². The molecule has 136 valence electrons. The molecule has 1 aromatic carbocycles. The van der Waals surface area contributed by atoms with E-state index in [2.05, 4.69) is 15.3 Å². The van der Waals surface area contributed by atoms with Gasteiger partial charge in [0, 0.05) is 18.0 Å². The minimum Gasteiger partial charge on any atom is -0.479 e. The Balaban J connectivity index is 2.04. The minimum absolute atomic E-state index is 0.184. The molecule has 2 aromatic rings. The summed E-state index contributed by atoms with van der Waals surface area (Å²) >= 11 is 0. The van der Waals surface area contributed by atoms with Gasteiger partial charge in [0.05, 0.1) is 0 Å². The minimum atomic E-state index is -1.12. The van der Waals surface area contributed by atoms with Crippen LogP contribution in [0.5, 0.6) is 11.8 Å². The van der Waals surface area contributed by atoms with Crippen LogP contribution in [0.4, 0.5) is 0 Å². The smallest absolute Gasteiger partial charge is 0.330 e. The number of nitrogens with one attached hydrogen (secondary N) is 1. The van der Waals surface area contributed by atoms with E-state index in [-0.39, 0.29) is 11.4 Å². The molecule has 1 amide bonds. The number of carbonyl (C=O) groups is 2. The summed E-state index contributed by atoms with van der Waals surface area (Å²) in [5.74, 6) is -1.14. The average Bonchev–Trinajstić information content (AvgIpc) is 2.59. The van der Waals surface area contributed by atoms with Crippen LogP contribution in [0.25, 0.3) is 0 Å². The van der Waals surface area contributed by atoms with E-state index in [0.29, 0.717) is 11.3 Å². The van der Waals surface area contributed by atoms with Crippen molar-refractivity contribution in [1.82, 2.24) is 15.3 Å². The topological polar surface area (TPSA) is 101 Å². The maximum atomic E-state index is 12.3. The monoisotopic (exact) mass is 355 g/mol. The van der Waals surface area contributed by atoms with Crippen molar-refractivity contribution in [3.8, 4) is 11.8 Å². The van der Waals surface area contributed by atoms with Gasteiger partial charge >= 0.3 is 12.0 Å². The number of aromatic nitrogens is 2. The molecule has 2 rings (SSSR count). The van der Waals surface area contributed by atoms with E-state index < -0.39 is 17.9 Å². The van der Waals surface area contributed by atoms with Gasteiger partial charge in [-0.3, -0.25) is 4.79 Å².